The molecule has 0 N–H and O–H groups in total. The Morgan fingerprint density at radius 1 is 1.64 bits per heavy atom. The first kappa shape index (κ1) is 11.5. The van der Waals surface area contributed by atoms with Crippen LogP contribution in [0.4, 0.5) is 9.18 Å². The van der Waals surface area contributed by atoms with E-state index in [1.165, 1.54) is 11.0 Å². The molecule has 1 aromatic carbocycles. The number of carbonyl (C=O) groups excluding carboxylic acids is 1. The van der Waals surface area contributed by atoms with Crippen molar-refractivity contribution in [2.24, 2.45) is 0 Å². The van der Waals surface area contributed by atoms with Gasteiger partial charge >= 0.3 is 0 Å². The molecule has 0 aliphatic carbocycles. The van der Waals surface area contributed by atoms with Crippen LogP contribution in [0.15, 0.2) is 22.7 Å². The van der Waals surface area contributed by atoms with Crippen LogP contribution in [0.3, 0.4) is 0 Å². The van der Waals surface area contributed by atoms with E-state index in [-0.39, 0.29) is 17.6 Å². The summed E-state index contributed by atoms with van der Waals surface area (Å²) in [5, 5.41) is -0.385. The number of hydrogen-bond donors (Lipinski definition) is 1. The third kappa shape index (κ3) is 2.99. The maximum atomic E-state index is 13.2. The molecule has 0 saturated carbocycles. The molecule has 76 valence electrons. The van der Waals surface area contributed by atoms with Gasteiger partial charge in [-0.25, -0.2) is 4.39 Å². The summed E-state index contributed by atoms with van der Waals surface area (Å²) < 4.78 is 14.0. The van der Waals surface area contributed by atoms with Gasteiger partial charge in [0.05, 0.1) is 0 Å². The van der Waals surface area contributed by atoms with E-state index in [0.717, 1.165) is 4.47 Å². The van der Waals surface area contributed by atoms with E-state index in [4.69, 9.17) is 0 Å². The first-order valence-corrected chi connectivity index (χ1v) is 5.12. The highest BCUT2D eigenvalue weighted by Gasteiger charge is 2.08. The lowest BCUT2D eigenvalue weighted by atomic mass is 10.2. The van der Waals surface area contributed by atoms with Crippen LogP contribution in [0.5, 0.6) is 0 Å². The zero-order chi connectivity index (χ0) is 10.7. The van der Waals surface area contributed by atoms with Gasteiger partial charge in [-0.2, -0.15) is 0 Å². The quantitative estimate of drug-likeness (QED) is 0.824. The molecule has 0 saturated heterocycles. The fraction of sp³-hybridized carbons (Fsp3) is 0.222. The van der Waals surface area contributed by atoms with E-state index in [9.17, 15) is 9.18 Å². The number of thiol groups is 1. The highest BCUT2D eigenvalue weighted by molar-refractivity contribution is 9.10. The Kier molecular flexibility index (Phi) is 3.95. The van der Waals surface area contributed by atoms with Crippen molar-refractivity contribution < 1.29 is 9.18 Å². The van der Waals surface area contributed by atoms with Crippen molar-refractivity contribution in [3.05, 3.63) is 34.1 Å². The zero-order valence-corrected chi connectivity index (χ0v) is 9.98. The van der Waals surface area contributed by atoms with Crippen molar-refractivity contribution in [1.82, 2.24) is 4.90 Å². The number of amides is 1. The van der Waals surface area contributed by atoms with E-state index in [1.807, 2.05) is 0 Å². The van der Waals surface area contributed by atoms with Crippen LogP contribution in [0.2, 0.25) is 0 Å². The maximum absolute atomic E-state index is 13.2. The monoisotopic (exact) mass is 277 g/mol. The first-order valence-electron chi connectivity index (χ1n) is 3.88. The van der Waals surface area contributed by atoms with Crippen molar-refractivity contribution in [1.29, 1.82) is 0 Å². The molecule has 0 heterocycles. The van der Waals surface area contributed by atoms with Gasteiger partial charge in [0.15, 0.2) is 0 Å². The fourth-order valence-corrected chi connectivity index (χ4v) is 1.47. The van der Waals surface area contributed by atoms with Crippen LogP contribution in [0.1, 0.15) is 5.56 Å². The molecule has 1 amide bonds. The summed E-state index contributed by atoms with van der Waals surface area (Å²) in [6.07, 6.45) is 0. The van der Waals surface area contributed by atoms with Gasteiger partial charge in [-0.1, -0.05) is 28.6 Å². The SMILES string of the molecule is CN(Cc1cc(Br)ccc1F)C(=O)S. The molecule has 0 bridgehead atoms. The first-order chi connectivity index (χ1) is 6.50. The largest absolute Gasteiger partial charge is 0.332 e. The summed E-state index contributed by atoms with van der Waals surface area (Å²) >= 11 is 6.87. The summed E-state index contributed by atoms with van der Waals surface area (Å²) in [6.45, 7) is 0.216. The lowest BCUT2D eigenvalue weighted by Gasteiger charge is -2.14. The third-order valence-electron chi connectivity index (χ3n) is 1.74. The average Bonchev–Trinajstić information content (AvgIpc) is 2.11. The van der Waals surface area contributed by atoms with Gasteiger partial charge in [0, 0.05) is 23.6 Å². The Labute approximate surface area is 95.6 Å². The van der Waals surface area contributed by atoms with Gasteiger partial charge in [0.1, 0.15) is 5.82 Å². The average molecular weight is 278 g/mol. The van der Waals surface area contributed by atoms with Gasteiger partial charge in [0.25, 0.3) is 5.24 Å². The molecule has 1 rings (SSSR count). The minimum atomic E-state index is -0.385. The second-order valence-corrected chi connectivity index (χ2v) is 4.17. The lowest BCUT2D eigenvalue weighted by Crippen LogP contribution is -2.20. The highest BCUT2D eigenvalue weighted by atomic mass is 79.9. The van der Waals surface area contributed by atoms with Gasteiger partial charge in [-0.15, -0.1) is 0 Å². The summed E-state index contributed by atoms with van der Waals surface area (Å²) in [5.41, 5.74) is 0.462. The predicted molar refractivity (Wildman–Crippen MR) is 59.9 cm³/mol. The van der Waals surface area contributed by atoms with Crippen molar-refractivity contribution in [2.45, 2.75) is 6.54 Å². The normalized spacial score (nSPS) is 10.0. The topological polar surface area (TPSA) is 20.3 Å². The van der Waals surface area contributed by atoms with Gasteiger partial charge in [-0.05, 0) is 18.2 Å². The van der Waals surface area contributed by atoms with E-state index in [0.29, 0.717) is 5.56 Å². The molecule has 0 unspecified atom stereocenters. The highest BCUT2D eigenvalue weighted by Crippen LogP contribution is 2.17. The molecule has 0 aliphatic heterocycles. The van der Waals surface area contributed by atoms with E-state index in [2.05, 4.69) is 28.6 Å². The van der Waals surface area contributed by atoms with Crippen LogP contribution in [0.25, 0.3) is 0 Å². The summed E-state index contributed by atoms with van der Waals surface area (Å²) in [4.78, 5) is 12.1. The number of halogens is 2. The van der Waals surface area contributed by atoms with Crippen molar-refractivity contribution >= 4 is 33.8 Å². The molecule has 14 heavy (non-hydrogen) atoms. The standard InChI is InChI=1S/C9H9BrFNOS/c1-12(9(13)14)5-6-4-7(10)2-3-8(6)11/h2-4H,5H2,1H3,(H,13,14). The molecular weight excluding hydrogens is 269 g/mol. The second-order valence-electron chi connectivity index (χ2n) is 2.87. The fourth-order valence-electron chi connectivity index (χ4n) is 0.988. The Balaban J connectivity index is 2.85. The number of rotatable bonds is 2. The molecule has 5 heteroatoms. The molecule has 2 nitrogen and oxygen atoms in total. The Morgan fingerprint density at radius 3 is 2.86 bits per heavy atom. The van der Waals surface area contributed by atoms with Gasteiger partial charge in [-0.3, -0.25) is 4.79 Å². The zero-order valence-electron chi connectivity index (χ0n) is 7.50. The third-order valence-corrected chi connectivity index (χ3v) is 2.58. The Hall–Kier alpha value is -0.550. The van der Waals surface area contributed by atoms with Crippen molar-refractivity contribution in [3.8, 4) is 0 Å². The minimum Gasteiger partial charge on any atom is -0.332 e. The Bertz CT molecular complexity index is 359. The predicted octanol–water partition coefficient (Wildman–Crippen LogP) is 3.07. The minimum absolute atomic E-state index is 0.216. The Morgan fingerprint density at radius 2 is 2.29 bits per heavy atom. The van der Waals surface area contributed by atoms with Crippen LogP contribution in [-0.2, 0) is 6.54 Å². The van der Waals surface area contributed by atoms with Gasteiger partial charge in [0.2, 0.25) is 0 Å². The summed E-state index contributed by atoms with van der Waals surface area (Å²) in [7, 11) is 1.57. The molecule has 0 aliphatic rings. The van der Waals surface area contributed by atoms with E-state index in [1.54, 1.807) is 19.2 Å². The van der Waals surface area contributed by atoms with Crippen molar-refractivity contribution in [2.75, 3.05) is 7.05 Å². The molecule has 0 aromatic heterocycles. The molecular formula is C9H9BrFNOS. The molecule has 1 aromatic rings. The summed E-state index contributed by atoms with van der Waals surface area (Å²) in [5.74, 6) is -0.324. The van der Waals surface area contributed by atoms with Crippen LogP contribution in [-0.4, -0.2) is 17.2 Å². The number of nitrogens with zero attached hydrogens (tertiary/aromatic N) is 1. The number of benzene rings is 1. The lowest BCUT2D eigenvalue weighted by molar-refractivity contribution is 0.231. The maximum Gasteiger partial charge on any atom is 0.278 e. The molecule has 0 fully saturated rings. The number of carbonyl (C=O) groups is 1. The molecule has 0 atom stereocenters. The second kappa shape index (κ2) is 4.79. The van der Waals surface area contributed by atoms with Crippen molar-refractivity contribution in [3.63, 3.8) is 0 Å². The van der Waals surface area contributed by atoms with E-state index < -0.39 is 0 Å². The van der Waals surface area contributed by atoms with Gasteiger partial charge < -0.3 is 4.90 Å². The molecule has 0 spiro atoms. The smallest absolute Gasteiger partial charge is 0.278 e. The van der Waals surface area contributed by atoms with Crippen LogP contribution in [0, 0.1) is 5.82 Å². The van der Waals surface area contributed by atoms with E-state index >= 15 is 0 Å². The van der Waals surface area contributed by atoms with Crippen LogP contribution < -0.4 is 0 Å². The van der Waals surface area contributed by atoms with Crippen LogP contribution >= 0.6 is 28.6 Å². The number of hydrogen-bond acceptors (Lipinski definition) is 1. The molecule has 0 radical (unpaired) electrons. The summed E-state index contributed by atoms with van der Waals surface area (Å²) in [6, 6.07) is 4.61.